The summed E-state index contributed by atoms with van der Waals surface area (Å²) >= 11 is 0. The van der Waals surface area contributed by atoms with Gasteiger partial charge in [0, 0.05) is 18.6 Å². The molecule has 0 bridgehead atoms. The minimum Gasteiger partial charge on any atom is -0.309 e. The largest absolute Gasteiger partial charge is 0.309 e. The molecule has 0 fully saturated rings. The third-order valence-corrected chi connectivity index (χ3v) is 2.36. The fourth-order valence-electron chi connectivity index (χ4n) is 1.71. The Morgan fingerprint density at radius 1 is 1.19 bits per heavy atom. The van der Waals surface area contributed by atoms with Crippen LogP contribution in [0, 0.1) is 5.41 Å². The van der Waals surface area contributed by atoms with Crippen molar-refractivity contribution in [3.05, 3.63) is 23.4 Å². The Balaban J connectivity index is 0.000000640. The van der Waals surface area contributed by atoms with Gasteiger partial charge in [0.25, 0.3) is 0 Å². The van der Waals surface area contributed by atoms with Gasteiger partial charge in [-0.15, -0.1) is 40.1 Å². The zero-order valence-corrected chi connectivity index (χ0v) is 9.81. The van der Waals surface area contributed by atoms with E-state index in [0.717, 1.165) is 16.8 Å². The van der Waals surface area contributed by atoms with Crippen molar-refractivity contribution in [1.82, 2.24) is 10.2 Å². The second-order valence-electron chi connectivity index (χ2n) is 3.34. The van der Waals surface area contributed by atoms with Crippen molar-refractivity contribution in [3.63, 3.8) is 0 Å². The summed E-state index contributed by atoms with van der Waals surface area (Å²) in [5.41, 5.74) is 3.49. The lowest BCUT2D eigenvalue weighted by Gasteiger charge is -2.01. The molecule has 16 heavy (non-hydrogen) atoms. The summed E-state index contributed by atoms with van der Waals surface area (Å²) in [5.74, 6) is 0.587. The molecule has 1 aromatic heterocycles. The number of azo groups is 1. The molecular weight excluding hydrogens is 249 g/mol. The number of nitrogens with zero attached hydrogens (tertiary/aromatic N) is 4. The summed E-state index contributed by atoms with van der Waals surface area (Å²) in [7, 11) is 0. The molecule has 0 unspecified atom stereocenters. The SMILES string of the molecule is Cl.Cl.N=C1CC=C2N=Nc3nncc(c32)C1. The highest BCUT2D eigenvalue weighted by Crippen LogP contribution is 2.36. The molecule has 3 rings (SSSR count). The Morgan fingerprint density at radius 3 is 2.81 bits per heavy atom. The lowest BCUT2D eigenvalue weighted by Crippen LogP contribution is -2.00. The van der Waals surface area contributed by atoms with E-state index in [9.17, 15) is 0 Å². The quantitative estimate of drug-likeness (QED) is 0.776. The highest BCUT2D eigenvalue weighted by molar-refractivity contribution is 5.92. The molecule has 1 aromatic rings. The Kier molecular flexibility index (Phi) is 3.72. The average Bonchev–Trinajstić information content (AvgIpc) is 2.51. The van der Waals surface area contributed by atoms with Crippen LogP contribution in [0.15, 0.2) is 22.5 Å². The molecule has 0 atom stereocenters. The number of aromatic nitrogens is 2. The van der Waals surface area contributed by atoms with Crippen molar-refractivity contribution in [2.45, 2.75) is 12.8 Å². The molecule has 0 saturated carbocycles. The van der Waals surface area contributed by atoms with Crippen molar-refractivity contribution in [2.24, 2.45) is 10.2 Å². The molecular formula is C9H9Cl2N5. The first-order valence-corrected chi connectivity index (χ1v) is 4.38. The first-order chi connectivity index (χ1) is 6.84. The highest BCUT2D eigenvalue weighted by atomic mass is 35.5. The van der Waals surface area contributed by atoms with E-state index in [1.54, 1.807) is 6.20 Å². The number of rotatable bonds is 0. The van der Waals surface area contributed by atoms with Crippen LogP contribution >= 0.6 is 24.8 Å². The van der Waals surface area contributed by atoms with E-state index in [4.69, 9.17) is 5.41 Å². The topological polar surface area (TPSA) is 74.3 Å². The first kappa shape index (κ1) is 12.7. The van der Waals surface area contributed by atoms with E-state index in [-0.39, 0.29) is 24.8 Å². The monoisotopic (exact) mass is 257 g/mol. The Hall–Kier alpha value is -1.33. The fourth-order valence-corrected chi connectivity index (χ4v) is 1.71. The third kappa shape index (κ3) is 1.83. The Bertz CT molecular complexity index is 495. The first-order valence-electron chi connectivity index (χ1n) is 4.38. The lowest BCUT2D eigenvalue weighted by atomic mass is 10.1. The van der Waals surface area contributed by atoms with E-state index in [1.165, 1.54) is 0 Å². The second kappa shape index (κ2) is 4.67. The lowest BCUT2D eigenvalue weighted by molar-refractivity contribution is 0.992. The van der Waals surface area contributed by atoms with Gasteiger partial charge in [-0.3, -0.25) is 0 Å². The maximum atomic E-state index is 7.68. The summed E-state index contributed by atoms with van der Waals surface area (Å²) in [6.45, 7) is 0. The number of nitrogens with one attached hydrogen (secondary N) is 1. The van der Waals surface area contributed by atoms with Crippen LogP contribution in [0.3, 0.4) is 0 Å². The predicted molar refractivity (Wildman–Crippen MR) is 65.1 cm³/mol. The number of hydrogen-bond acceptors (Lipinski definition) is 5. The highest BCUT2D eigenvalue weighted by Gasteiger charge is 2.22. The van der Waals surface area contributed by atoms with Gasteiger partial charge in [0.1, 0.15) is 0 Å². The van der Waals surface area contributed by atoms with Gasteiger partial charge in [-0.1, -0.05) is 6.08 Å². The Labute approximate surface area is 104 Å². The van der Waals surface area contributed by atoms with Crippen molar-refractivity contribution < 1.29 is 0 Å². The normalized spacial score (nSPS) is 15.5. The van der Waals surface area contributed by atoms with E-state index in [1.807, 2.05) is 6.08 Å². The number of halogens is 2. The molecule has 1 aliphatic heterocycles. The van der Waals surface area contributed by atoms with Gasteiger partial charge in [-0.25, -0.2) is 0 Å². The van der Waals surface area contributed by atoms with Crippen molar-refractivity contribution >= 4 is 42.0 Å². The summed E-state index contributed by atoms with van der Waals surface area (Å²) in [6, 6.07) is 0. The third-order valence-electron chi connectivity index (χ3n) is 2.36. The van der Waals surface area contributed by atoms with Crippen molar-refractivity contribution in [1.29, 1.82) is 5.41 Å². The molecule has 1 aliphatic carbocycles. The smallest absolute Gasteiger partial charge is 0.206 e. The van der Waals surface area contributed by atoms with Gasteiger partial charge in [0.05, 0.1) is 17.5 Å². The average molecular weight is 258 g/mol. The van der Waals surface area contributed by atoms with Gasteiger partial charge in [-0.2, -0.15) is 5.10 Å². The van der Waals surface area contributed by atoms with Crippen LogP contribution in [0.5, 0.6) is 0 Å². The second-order valence-corrected chi connectivity index (χ2v) is 3.34. The molecule has 0 saturated heterocycles. The zero-order chi connectivity index (χ0) is 9.54. The summed E-state index contributed by atoms with van der Waals surface area (Å²) in [5, 5.41) is 23.4. The minimum atomic E-state index is 0. The predicted octanol–water partition coefficient (Wildman–Crippen LogP) is 2.72. The molecule has 0 radical (unpaired) electrons. The van der Waals surface area contributed by atoms with Crippen LogP contribution in [0.2, 0.25) is 0 Å². The number of allylic oxidation sites excluding steroid dienone is 1. The van der Waals surface area contributed by atoms with E-state index < -0.39 is 0 Å². The molecule has 1 N–H and O–H groups in total. The Morgan fingerprint density at radius 2 is 2.00 bits per heavy atom. The van der Waals surface area contributed by atoms with Crippen molar-refractivity contribution in [3.8, 4) is 0 Å². The maximum Gasteiger partial charge on any atom is 0.206 e. The summed E-state index contributed by atoms with van der Waals surface area (Å²) in [6.07, 6.45) is 4.89. The fraction of sp³-hybridized carbons (Fsp3) is 0.222. The molecule has 7 heteroatoms. The van der Waals surface area contributed by atoms with Crippen LogP contribution in [-0.2, 0) is 6.42 Å². The zero-order valence-electron chi connectivity index (χ0n) is 8.17. The molecule has 0 spiro atoms. The standard InChI is InChI=1S/C9H7N5.2ClH/c10-6-1-2-7-8-5(3-6)4-11-13-9(8)14-12-7;;/h2,4,10H,1,3H2;2*1H. The van der Waals surface area contributed by atoms with Crippen LogP contribution < -0.4 is 0 Å². The molecule has 2 heterocycles. The van der Waals surface area contributed by atoms with E-state index >= 15 is 0 Å². The molecule has 84 valence electrons. The maximum absolute atomic E-state index is 7.68. The minimum absolute atomic E-state index is 0. The van der Waals surface area contributed by atoms with Crippen LogP contribution in [-0.4, -0.2) is 15.9 Å². The van der Waals surface area contributed by atoms with Gasteiger partial charge in [0.2, 0.25) is 5.82 Å². The van der Waals surface area contributed by atoms with Gasteiger partial charge < -0.3 is 5.41 Å². The van der Waals surface area contributed by atoms with Gasteiger partial charge >= 0.3 is 0 Å². The van der Waals surface area contributed by atoms with Crippen LogP contribution in [0.4, 0.5) is 5.82 Å². The van der Waals surface area contributed by atoms with E-state index in [2.05, 4.69) is 20.4 Å². The summed E-state index contributed by atoms with van der Waals surface area (Å²) < 4.78 is 0. The molecule has 5 nitrogen and oxygen atoms in total. The molecule has 0 amide bonds. The molecule has 0 aromatic carbocycles. The molecule has 2 aliphatic rings. The summed E-state index contributed by atoms with van der Waals surface area (Å²) in [4.78, 5) is 0. The van der Waals surface area contributed by atoms with Gasteiger partial charge in [-0.05, 0) is 5.56 Å². The number of hydrogen-bond donors (Lipinski definition) is 1. The van der Waals surface area contributed by atoms with Crippen molar-refractivity contribution in [2.75, 3.05) is 0 Å². The van der Waals surface area contributed by atoms with Crippen LogP contribution in [0.1, 0.15) is 17.5 Å². The van der Waals surface area contributed by atoms with E-state index in [0.29, 0.717) is 24.4 Å². The van der Waals surface area contributed by atoms with Gasteiger partial charge in [0.15, 0.2) is 0 Å². The van der Waals surface area contributed by atoms with Crippen LogP contribution in [0.25, 0.3) is 5.70 Å².